The Hall–Kier alpha value is -2.03. The molecule has 1 fully saturated rings. The Morgan fingerprint density at radius 1 is 0.897 bits per heavy atom. The van der Waals surface area contributed by atoms with Crippen molar-refractivity contribution < 1.29 is 18.0 Å². The summed E-state index contributed by atoms with van der Waals surface area (Å²) in [5.74, 6) is -0.957. The van der Waals surface area contributed by atoms with E-state index < -0.39 is 15.8 Å². The normalized spacial score (nSPS) is 18.9. The minimum Gasteiger partial charge on any atom is -0.367 e. The Bertz CT molecular complexity index is 925. The highest BCUT2D eigenvalue weighted by atomic mass is 32.2. The van der Waals surface area contributed by atoms with Crippen LogP contribution in [0.4, 0.5) is 0 Å². The van der Waals surface area contributed by atoms with Crippen LogP contribution in [0.15, 0.2) is 34.9 Å². The number of Topliss-reactive ketones (excluding diaryl/α,β-unsaturated/α-hetero) is 2. The van der Waals surface area contributed by atoms with Gasteiger partial charge in [-0.3, -0.25) is 9.59 Å². The smallest absolute Gasteiger partial charge is 0.249 e. The van der Waals surface area contributed by atoms with E-state index in [4.69, 9.17) is 0 Å². The van der Waals surface area contributed by atoms with E-state index in [1.54, 1.807) is 23.1 Å². The molecule has 2 aliphatic rings. The van der Waals surface area contributed by atoms with Crippen LogP contribution in [0.25, 0.3) is 0 Å². The molecule has 0 aromatic heterocycles. The van der Waals surface area contributed by atoms with Crippen LogP contribution >= 0.6 is 0 Å². The zero-order chi connectivity index (χ0) is 21.2. The van der Waals surface area contributed by atoms with E-state index in [-0.39, 0.29) is 27.5 Å². The molecule has 0 saturated carbocycles. The Morgan fingerprint density at radius 3 is 1.93 bits per heavy atom. The van der Waals surface area contributed by atoms with Crippen LogP contribution in [-0.2, 0) is 10.0 Å². The Labute approximate surface area is 173 Å². The molecule has 7 nitrogen and oxygen atoms in total. The topological polar surface area (TPSA) is 78.0 Å². The summed E-state index contributed by atoms with van der Waals surface area (Å²) in [7, 11) is -2.15. The molecule has 1 aromatic carbocycles. The number of hydrogen-bond acceptors (Lipinski definition) is 6. The predicted octanol–water partition coefficient (Wildman–Crippen LogP) is 1.98. The molecule has 29 heavy (non-hydrogen) atoms. The number of ketones is 2. The molecule has 1 aliphatic carbocycles. The second kappa shape index (κ2) is 8.77. The van der Waals surface area contributed by atoms with E-state index in [1.165, 1.54) is 10.4 Å². The maximum absolute atomic E-state index is 13.6. The van der Waals surface area contributed by atoms with Crippen LogP contribution in [-0.4, -0.2) is 80.4 Å². The van der Waals surface area contributed by atoms with Crippen molar-refractivity contribution in [2.24, 2.45) is 0 Å². The van der Waals surface area contributed by atoms with Crippen molar-refractivity contribution in [3.63, 3.8) is 0 Å². The number of hydrogen-bond donors (Lipinski definition) is 0. The van der Waals surface area contributed by atoms with Crippen molar-refractivity contribution >= 4 is 21.6 Å². The first kappa shape index (κ1) is 21.7. The van der Waals surface area contributed by atoms with Crippen LogP contribution < -0.4 is 0 Å². The molecule has 1 aliphatic heterocycles. The van der Waals surface area contributed by atoms with Gasteiger partial charge in [0.05, 0.1) is 0 Å². The monoisotopic (exact) mass is 419 g/mol. The van der Waals surface area contributed by atoms with Gasteiger partial charge >= 0.3 is 0 Å². The fraction of sp³-hybridized carbons (Fsp3) is 0.524. The largest absolute Gasteiger partial charge is 0.367 e. The lowest BCUT2D eigenvalue weighted by atomic mass is 9.91. The molecule has 0 bridgehead atoms. The Morgan fingerprint density at radius 2 is 1.41 bits per heavy atom. The van der Waals surface area contributed by atoms with Gasteiger partial charge in [0.1, 0.15) is 5.70 Å². The molecule has 1 saturated heterocycles. The minimum absolute atomic E-state index is 0.0383. The number of benzene rings is 1. The van der Waals surface area contributed by atoms with E-state index >= 15 is 0 Å². The van der Waals surface area contributed by atoms with Crippen LogP contribution in [0.5, 0.6) is 0 Å². The zero-order valence-electron chi connectivity index (χ0n) is 17.3. The summed E-state index contributed by atoms with van der Waals surface area (Å²) in [6.45, 7) is 6.78. The van der Waals surface area contributed by atoms with Crippen molar-refractivity contribution in [1.82, 2.24) is 14.1 Å². The molecule has 0 N–H and O–H groups in total. The van der Waals surface area contributed by atoms with Gasteiger partial charge in [-0.05, 0) is 19.9 Å². The van der Waals surface area contributed by atoms with Crippen molar-refractivity contribution in [2.45, 2.75) is 26.7 Å². The molecular formula is C21H29N3O4S. The summed E-state index contributed by atoms with van der Waals surface area (Å²) in [6.07, 6.45) is 1.49. The number of sulfonamides is 1. The number of piperazine rings is 1. The number of likely N-dealkylation sites (N-methyl/N-ethyl adjacent to an activating group) is 1. The quantitative estimate of drug-likeness (QED) is 0.673. The van der Waals surface area contributed by atoms with E-state index in [1.807, 2.05) is 25.8 Å². The van der Waals surface area contributed by atoms with Crippen molar-refractivity contribution in [3.05, 3.63) is 46.0 Å². The summed E-state index contributed by atoms with van der Waals surface area (Å²) < 4.78 is 28.5. The molecule has 3 rings (SSSR count). The highest BCUT2D eigenvalue weighted by Crippen LogP contribution is 2.33. The first-order valence-electron chi connectivity index (χ1n) is 10.2. The zero-order valence-corrected chi connectivity index (χ0v) is 18.2. The fourth-order valence-electron chi connectivity index (χ4n) is 3.90. The van der Waals surface area contributed by atoms with Crippen molar-refractivity contribution in [2.75, 3.05) is 46.3 Å². The molecule has 0 atom stereocenters. The van der Waals surface area contributed by atoms with E-state index in [2.05, 4.69) is 0 Å². The van der Waals surface area contributed by atoms with Crippen molar-refractivity contribution in [1.29, 1.82) is 0 Å². The van der Waals surface area contributed by atoms with Gasteiger partial charge in [0.25, 0.3) is 0 Å². The van der Waals surface area contributed by atoms with Crippen molar-refractivity contribution in [3.8, 4) is 0 Å². The molecular weight excluding hydrogens is 390 g/mol. The lowest BCUT2D eigenvalue weighted by Crippen LogP contribution is -2.49. The first-order valence-corrected chi connectivity index (χ1v) is 11.6. The predicted molar refractivity (Wildman–Crippen MR) is 112 cm³/mol. The first-order chi connectivity index (χ1) is 13.8. The highest BCUT2D eigenvalue weighted by Gasteiger charge is 2.43. The summed E-state index contributed by atoms with van der Waals surface area (Å²) in [4.78, 5) is 30.3. The van der Waals surface area contributed by atoms with E-state index in [0.29, 0.717) is 39.3 Å². The van der Waals surface area contributed by atoms with Gasteiger partial charge in [-0.15, -0.1) is 0 Å². The van der Waals surface area contributed by atoms with Gasteiger partial charge in [0, 0.05) is 50.4 Å². The average Bonchev–Trinajstić information content (AvgIpc) is 2.70. The Balaban J connectivity index is 2.19. The van der Waals surface area contributed by atoms with Gasteiger partial charge in [-0.2, -0.15) is 4.31 Å². The number of fused-ring (bicyclic) bond motifs is 1. The second-order valence-electron chi connectivity index (χ2n) is 7.58. The molecule has 0 spiro atoms. The van der Waals surface area contributed by atoms with Gasteiger partial charge in [-0.25, -0.2) is 8.42 Å². The van der Waals surface area contributed by atoms with E-state index in [0.717, 1.165) is 12.8 Å². The molecule has 1 heterocycles. The number of rotatable bonds is 7. The number of carbonyl (C=O) groups excluding carboxylic acids is 2. The van der Waals surface area contributed by atoms with Gasteiger partial charge in [0.15, 0.2) is 4.91 Å². The maximum atomic E-state index is 13.6. The lowest BCUT2D eigenvalue weighted by molar-refractivity contribution is 0.0945. The molecule has 0 radical (unpaired) electrons. The molecule has 8 heteroatoms. The molecule has 0 unspecified atom stereocenters. The summed E-state index contributed by atoms with van der Waals surface area (Å²) in [5.41, 5.74) is 0.486. The SMILES string of the molecule is CCCN(CCC)C1=C(S(=O)(=O)N2CCN(C)CC2)C(=O)c2ccccc2C1=O. The highest BCUT2D eigenvalue weighted by molar-refractivity contribution is 7.94. The third-order valence-corrected chi connectivity index (χ3v) is 7.36. The van der Waals surface area contributed by atoms with Crippen LogP contribution in [0.3, 0.4) is 0 Å². The summed E-state index contributed by atoms with van der Waals surface area (Å²) in [6, 6.07) is 6.50. The second-order valence-corrected chi connectivity index (χ2v) is 9.45. The van der Waals surface area contributed by atoms with Gasteiger partial charge < -0.3 is 9.80 Å². The number of carbonyl (C=O) groups is 2. The van der Waals surface area contributed by atoms with Crippen LogP contribution in [0.1, 0.15) is 47.4 Å². The van der Waals surface area contributed by atoms with Crippen LogP contribution in [0.2, 0.25) is 0 Å². The summed E-state index contributed by atoms with van der Waals surface area (Å²) >= 11 is 0. The third kappa shape index (κ3) is 4.01. The summed E-state index contributed by atoms with van der Waals surface area (Å²) in [5, 5.41) is 0. The van der Waals surface area contributed by atoms with Crippen LogP contribution in [0, 0.1) is 0 Å². The molecule has 1 aromatic rings. The van der Waals surface area contributed by atoms with E-state index in [9.17, 15) is 18.0 Å². The lowest BCUT2D eigenvalue weighted by Gasteiger charge is -2.35. The number of nitrogens with zero attached hydrogens (tertiary/aromatic N) is 3. The standard InChI is InChI=1S/C21H29N3O4S/c1-4-10-23(11-5-2)18-19(25)16-8-6-7-9-17(16)20(26)21(18)29(27,28)24-14-12-22(3)13-15-24/h6-9H,4-5,10-15H2,1-3H3. The average molecular weight is 420 g/mol. The number of allylic oxidation sites excluding steroid dienone is 2. The maximum Gasteiger partial charge on any atom is 0.249 e. The minimum atomic E-state index is -4.09. The molecule has 158 valence electrons. The third-order valence-electron chi connectivity index (χ3n) is 5.42. The molecule has 0 amide bonds. The Kier molecular flexibility index (Phi) is 6.55. The van der Waals surface area contributed by atoms with Gasteiger partial charge in [-0.1, -0.05) is 38.1 Å². The van der Waals surface area contributed by atoms with Gasteiger partial charge in [0.2, 0.25) is 21.6 Å². The fourth-order valence-corrected chi connectivity index (χ4v) is 5.61.